The average molecular weight is 345 g/mol. The fourth-order valence-corrected chi connectivity index (χ4v) is 5.70. The summed E-state index contributed by atoms with van der Waals surface area (Å²) >= 11 is 5.12. The highest BCUT2D eigenvalue weighted by Crippen LogP contribution is 2.54. The second-order valence-corrected chi connectivity index (χ2v) is 8.45. The van der Waals surface area contributed by atoms with Crippen LogP contribution in [0.25, 0.3) is 0 Å². The molecule has 1 aliphatic carbocycles. The monoisotopic (exact) mass is 345 g/mol. The van der Waals surface area contributed by atoms with Gasteiger partial charge in [0.05, 0.1) is 15.1 Å². The second kappa shape index (κ2) is 6.06. The molecule has 0 amide bonds. The lowest BCUT2D eigenvalue weighted by atomic mass is 10.1. The van der Waals surface area contributed by atoms with E-state index in [1.165, 1.54) is 5.56 Å². The Morgan fingerprint density at radius 2 is 1.70 bits per heavy atom. The first kappa shape index (κ1) is 16.1. The van der Waals surface area contributed by atoms with Crippen LogP contribution < -0.4 is 5.73 Å². The SMILES string of the molecule is CCc1ccc([C@H]2[C@H](C(N)=S)[C@@H]2S(=O)(=O)c2ccccc2)cc1. The van der Waals surface area contributed by atoms with E-state index in [0.29, 0.717) is 4.90 Å². The van der Waals surface area contributed by atoms with Crippen molar-refractivity contribution in [3.63, 3.8) is 0 Å². The summed E-state index contributed by atoms with van der Waals surface area (Å²) in [5.41, 5.74) is 8.03. The molecule has 2 N–H and O–H groups in total. The second-order valence-electron chi connectivity index (χ2n) is 5.87. The predicted octanol–water partition coefficient (Wildman–Crippen LogP) is 3.09. The number of benzene rings is 2. The lowest BCUT2D eigenvalue weighted by Crippen LogP contribution is -2.17. The molecule has 3 atom stereocenters. The molecule has 0 aromatic heterocycles. The summed E-state index contributed by atoms with van der Waals surface area (Å²) in [4.78, 5) is 0.609. The Bertz CT molecular complexity index is 814. The van der Waals surface area contributed by atoms with E-state index in [1.54, 1.807) is 30.3 Å². The van der Waals surface area contributed by atoms with Gasteiger partial charge < -0.3 is 5.73 Å². The van der Waals surface area contributed by atoms with Crippen molar-refractivity contribution in [3.8, 4) is 0 Å². The Balaban J connectivity index is 1.96. The van der Waals surface area contributed by atoms with Gasteiger partial charge in [-0.25, -0.2) is 8.42 Å². The molecule has 1 fully saturated rings. The van der Waals surface area contributed by atoms with Gasteiger partial charge in [0.2, 0.25) is 0 Å². The van der Waals surface area contributed by atoms with Gasteiger partial charge in [0.1, 0.15) is 0 Å². The Hall–Kier alpha value is -1.72. The standard InChI is InChI=1S/C18H19NO2S2/c1-2-12-8-10-13(11-9-12)15-16(18(19)22)17(15)23(20,21)14-6-4-3-5-7-14/h3-11,15-17H,2H2,1H3,(H2,19,22)/t15-,16-,17+/m0/s1. The van der Waals surface area contributed by atoms with Crippen molar-refractivity contribution in [2.75, 3.05) is 0 Å². The smallest absolute Gasteiger partial charge is 0.182 e. The summed E-state index contributed by atoms with van der Waals surface area (Å²) in [6, 6.07) is 16.6. The number of aryl methyl sites for hydroxylation is 1. The molecule has 2 aromatic carbocycles. The Morgan fingerprint density at radius 1 is 1.09 bits per heavy atom. The van der Waals surface area contributed by atoms with Gasteiger partial charge in [-0.2, -0.15) is 0 Å². The van der Waals surface area contributed by atoms with Gasteiger partial charge in [0, 0.05) is 11.8 Å². The van der Waals surface area contributed by atoms with Crippen LogP contribution in [0.4, 0.5) is 0 Å². The summed E-state index contributed by atoms with van der Waals surface area (Å²) in [7, 11) is -3.44. The van der Waals surface area contributed by atoms with Crippen molar-refractivity contribution in [2.24, 2.45) is 11.7 Å². The summed E-state index contributed by atoms with van der Waals surface area (Å²) in [6.07, 6.45) is 0.954. The topological polar surface area (TPSA) is 60.2 Å². The quantitative estimate of drug-likeness (QED) is 0.846. The van der Waals surface area contributed by atoms with Crippen molar-refractivity contribution in [2.45, 2.75) is 29.4 Å². The van der Waals surface area contributed by atoms with E-state index in [9.17, 15) is 8.42 Å². The zero-order valence-electron chi connectivity index (χ0n) is 12.8. The third-order valence-corrected chi connectivity index (χ3v) is 6.99. The minimum Gasteiger partial charge on any atom is -0.393 e. The van der Waals surface area contributed by atoms with Gasteiger partial charge in [-0.3, -0.25) is 0 Å². The van der Waals surface area contributed by atoms with E-state index >= 15 is 0 Å². The molecule has 5 heteroatoms. The average Bonchev–Trinajstić information content (AvgIpc) is 3.32. The van der Waals surface area contributed by atoms with Crippen molar-refractivity contribution in [3.05, 3.63) is 65.7 Å². The molecule has 1 saturated carbocycles. The van der Waals surface area contributed by atoms with Crippen LogP contribution in [0, 0.1) is 5.92 Å². The molecule has 23 heavy (non-hydrogen) atoms. The van der Waals surface area contributed by atoms with Gasteiger partial charge in [-0.05, 0) is 29.7 Å². The van der Waals surface area contributed by atoms with Crippen LogP contribution in [-0.4, -0.2) is 18.7 Å². The normalized spacial score (nSPS) is 23.4. The number of nitrogens with two attached hydrogens (primary N) is 1. The number of rotatable bonds is 5. The van der Waals surface area contributed by atoms with Crippen LogP contribution >= 0.6 is 12.2 Å². The summed E-state index contributed by atoms with van der Waals surface area (Å²) in [6.45, 7) is 2.09. The lowest BCUT2D eigenvalue weighted by molar-refractivity contribution is 0.593. The van der Waals surface area contributed by atoms with Crippen LogP contribution in [-0.2, 0) is 16.3 Å². The highest BCUT2D eigenvalue weighted by Gasteiger charge is 2.60. The zero-order chi connectivity index (χ0) is 16.6. The molecular formula is C18H19NO2S2. The van der Waals surface area contributed by atoms with Crippen LogP contribution in [0.3, 0.4) is 0 Å². The van der Waals surface area contributed by atoms with Crippen molar-refractivity contribution in [1.82, 2.24) is 0 Å². The highest BCUT2D eigenvalue weighted by atomic mass is 32.2. The van der Waals surface area contributed by atoms with Crippen LogP contribution in [0.1, 0.15) is 24.0 Å². The third-order valence-electron chi connectivity index (χ3n) is 4.49. The van der Waals surface area contributed by atoms with E-state index in [4.69, 9.17) is 18.0 Å². The summed E-state index contributed by atoms with van der Waals surface area (Å²) in [5, 5.41) is -0.560. The van der Waals surface area contributed by atoms with Gasteiger partial charge in [0.25, 0.3) is 0 Å². The number of sulfone groups is 1. The first-order chi connectivity index (χ1) is 11.0. The minimum absolute atomic E-state index is 0.149. The summed E-state index contributed by atoms with van der Waals surface area (Å²) < 4.78 is 25.8. The molecule has 0 aliphatic heterocycles. The molecular weight excluding hydrogens is 326 g/mol. The maximum atomic E-state index is 12.9. The maximum absolute atomic E-state index is 12.9. The first-order valence-corrected chi connectivity index (χ1v) is 9.59. The van der Waals surface area contributed by atoms with Crippen LogP contribution in [0.5, 0.6) is 0 Å². The molecule has 0 unspecified atom stereocenters. The number of hydrogen-bond acceptors (Lipinski definition) is 3. The van der Waals surface area contributed by atoms with Gasteiger partial charge in [0.15, 0.2) is 9.84 Å². The van der Waals surface area contributed by atoms with Crippen molar-refractivity contribution < 1.29 is 8.42 Å². The van der Waals surface area contributed by atoms with E-state index in [0.717, 1.165) is 12.0 Å². The number of hydrogen-bond donors (Lipinski definition) is 1. The molecule has 0 saturated heterocycles. The van der Waals surface area contributed by atoms with Crippen molar-refractivity contribution >= 4 is 27.0 Å². The Labute approximate surface area is 142 Å². The van der Waals surface area contributed by atoms with Gasteiger partial charge >= 0.3 is 0 Å². The minimum atomic E-state index is -3.44. The maximum Gasteiger partial charge on any atom is 0.182 e. The molecule has 0 heterocycles. The molecule has 3 rings (SSSR count). The molecule has 120 valence electrons. The molecule has 0 bridgehead atoms. The third kappa shape index (κ3) is 2.91. The molecule has 0 spiro atoms. The van der Waals surface area contributed by atoms with E-state index in [2.05, 4.69) is 6.92 Å². The molecule has 0 radical (unpaired) electrons. The number of thiocarbonyl (C=S) groups is 1. The Kier molecular flexibility index (Phi) is 4.25. The fourth-order valence-electron chi connectivity index (χ4n) is 3.15. The van der Waals surface area contributed by atoms with E-state index < -0.39 is 15.1 Å². The van der Waals surface area contributed by atoms with Gasteiger partial charge in [-0.1, -0.05) is 61.6 Å². The Morgan fingerprint density at radius 3 is 2.22 bits per heavy atom. The molecule has 2 aromatic rings. The largest absolute Gasteiger partial charge is 0.393 e. The van der Waals surface area contributed by atoms with Crippen molar-refractivity contribution in [1.29, 1.82) is 0 Å². The predicted molar refractivity (Wildman–Crippen MR) is 96.3 cm³/mol. The van der Waals surface area contributed by atoms with E-state index in [-0.39, 0.29) is 16.8 Å². The van der Waals surface area contributed by atoms with Crippen LogP contribution in [0.15, 0.2) is 59.5 Å². The van der Waals surface area contributed by atoms with Crippen LogP contribution in [0.2, 0.25) is 0 Å². The lowest BCUT2D eigenvalue weighted by Gasteiger charge is -2.04. The highest BCUT2D eigenvalue weighted by molar-refractivity contribution is 7.92. The fraction of sp³-hybridized carbons (Fsp3) is 0.278. The molecule has 3 nitrogen and oxygen atoms in total. The first-order valence-electron chi connectivity index (χ1n) is 7.64. The zero-order valence-corrected chi connectivity index (χ0v) is 14.5. The summed E-state index contributed by atoms with van der Waals surface area (Å²) in [5.74, 6) is -0.439. The molecule has 1 aliphatic rings. The van der Waals surface area contributed by atoms with Gasteiger partial charge in [-0.15, -0.1) is 0 Å². The van der Waals surface area contributed by atoms with E-state index in [1.807, 2.05) is 24.3 Å².